The van der Waals surface area contributed by atoms with Crippen LogP contribution in [0.4, 0.5) is 0 Å². The summed E-state index contributed by atoms with van der Waals surface area (Å²) in [6.07, 6.45) is 6.63. The molecule has 0 aliphatic carbocycles. The average Bonchev–Trinajstić information content (AvgIpc) is 2.66. The predicted molar refractivity (Wildman–Crippen MR) is 102 cm³/mol. The van der Waals surface area contributed by atoms with Gasteiger partial charge in [-0.15, -0.1) is 0 Å². The zero-order chi connectivity index (χ0) is 17.7. The summed E-state index contributed by atoms with van der Waals surface area (Å²) < 4.78 is 5.78. The summed E-state index contributed by atoms with van der Waals surface area (Å²) in [5.74, 6) is 1.31. The molecule has 5 nitrogen and oxygen atoms in total. The summed E-state index contributed by atoms with van der Waals surface area (Å²) in [6, 6.07) is 13.7. The highest BCUT2D eigenvalue weighted by Gasteiger charge is 1.99. The molecule has 0 spiro atoms. The number of hydrogen-bond donors (Lipinski definition) is 2. The minimum absolute atomic E-state index is 0.453. The van der Waals surface area contributed by atoms with Crippen LogP contribution in [0, 0.1) is 0 Å². The number of benzene rings is 1. The van der Waals surface area contributed by atoms with Crippen molar-refractivity contribution in [3.63, 3.8) is 0 Å². The molecular formula is C20H28N4O. The Hall–Kier alpha value is -2.56. The summed E-state index contributed by atoms with van der Waals surface area (Å²) >= 11 is 0. The van der Waals surface area contributed by atoms with E-state index in [0.29, 0.717) is 19.1 Å². The Balaban J connectivity index is 1.77. The molecule has 0 unspecified atom stereocenters. The number of ether oxygens (including phenoxy) is 1. The lowest BCUT2D eigenvalue weighted by Gasteiger charge is -2.08. The molecule has 0 radical (unpaired) electrons. The summed E-state index contributed by atoms with van der Waals surface area (Å²) in [6.45, 7) is 4.07. The third-order valence-corrected chi connectivity index (χ3v) is 3.78. The molecule has 2 aromatic rings. The van der Waals surface area contributed by atoms with Crippen molar-refractivity contribution in [3.05, 3.63) is 59.9 Å². The van der Waals surface area contributed by atoms with Crippen LogP contribution in [0.15, 0.2) is 53.7 Å². The van der Waals surface area contributed by atoms with E-state index >= 15 is 0 Å². The second kappa shape index (κ2) is 11.1. The zero-order valence-corrected chi connectivity index (χ0v) is 14.9. The van der Waals surface area contributed by atoms with Crippen molar-refractivity contribution < 1.29 is 4.74 Å². The fourth-order valence-electron chi connectivity index (χ4n) is 2.38. The van der Waals surface area contributed by atoms with E-state index in [4.69, 9.17) is 10.5 Å². The fraction of sp³-hybridized carbons (Fsp3) is 0.400. The molecule has 0 bridgehead atoms. The van der Waals surface area contributed by atoms with Crippen LogP contribution in [0.1, 0.15) is 43.9 Å². The molecule has 1 aromatic carbocycles. The van der Waals surface area contributed by atoms with Gasteiger partial charge in [-0.25, -0.2) is 4.99 Å². The van der Waals surface area contributed by atoms with E-state index in [0.717, 1.165) is 30.0 Å². The number of unbranched alkanes of at least 4 members (excludes halogenated alkanes) is 3. The molecule has 0 fully saturated rings. The van der Waals surface area contributed by atoms with E-state index in [1.807, 2.05) is 42.5 Å². The van der Waals surface area contributed by atoms with Gasteiger partial charge in [-0.1, -0.05) is 44.4 Å². The number of rotatable bonds is 10. The van der Waals surface area contributed by atoms with E-state index < -0.39 is 0 Å². The van der Waals surface area contributed by atoms with Crippen LogP contribution in [-0.4, -0.2) is 17.5 Å². The molecule has 25 heavy (non-hydrogen) atoms. The summed E-state index contributed by atoms with van der Waals surface area (Å²) in [4.78, 5) is 8.64. The number of pyridine rings is 1. The number of nitrogens with two attached hydrogens (primary N) is 1. The topological polar surface area (TPSA) is 72.5 Å². The van der Waals surface area contributed by atoms with Gasteiger partial charge in [-0.2, -0.15) is 0 Å². The molecule has 0 aliphatic rings. The quantitative estimate of drug-likeness (QED) is 0.393. The molecule has 0 amide bonds. The number of nitrogens with zero attached hydrogens (tertiary/aromatic N) is 2. The third kappa shape index (κ3) is 7.70. The molecule has 3 N–H and O–H groups in total. The minimum atomic E-state index is 0.453. The normalized spacial score (nSPS) is 11.3. The van der Waals surface area contributed by atoms with Crippen molar-refractivity contribution in [2.24, 2.45) is 10.7 Å². The van der Waals surface area contributed by atoms with Gasteiger partial charge in [0.05, 0.1) is 12.2 Å². The highest BCUT2D eigenvalue weighted by atomic mass is 16.5. The summed E-state index contributed by atoms with van der Waals surface area (Å²) in [5, 5.41) is 3.16. The van der Waals surface area contributed by atoms with Gasteiger partial charge in [0.15, 0.2) is 5.96 Å². The number of hydrogen-bond acceptors (Lipinski definition) is 3. The molecule has 1 heterocycles. The highest BCUT2D eigenvalue weighted by Crippen LogP contribution is 2.15. The molecule has 0 atom stereocenters. The van der Waals surface area contributed by atoms with E-state index in [1.165, 1.54) is 19.3 Å². The largest absolute Gasteiger partial charge is 0.487 e. The van der Waals surface area contributed by atoms with E-state index in [-0.39, 0.29) is 0 Å². The van der Waals surface area contributed by atoms with Crippen molar-refractivity contribution in [2.45, 2.75) is 45.8 Å². The first kappa shape index (κ1) is 18.8. The summed E-state index contributed by atoms with van der Waals surface area (Å²) in [5.41, 5.74) is 7.88. The maximum absolute atomic E-state index is 5.91. The number of aromatic nitrogens is 1. The first-order valence-corrected chi connectivity index (χ1v) is 8.93. The Morgan fingerprint density at radius 1 is 1.16 bits per heavy atom. The number of nitrogens with one attached hydrogen (secondary N) is 1. The molecular weight excluding hydrogens is 312 g/mol. The van der Waals surface area contributed by atoms with Crippen LogP contribution in [0.2, 0.25) is 0 Å². The van der Waals surface area contributed by atoms with Gasteiger partial charge in [0.2, 0.25) is 0 Å². The van der Waals surface area contributed by atoms with Crippen LogP contribution in [-0.2, 0) is 13.2 Å². The van der Waals surface area contributed by atoms with Gasteiger partial charge in [0.1, 0.15) is 12.4 Å². The second-order valence-electron chi connectivity index (χ2n) is 5.95. The Kier molecular flexibility index (Phi) is 8.32. The number of guanidine groups is 1. The van der Waals surface area contributed by atoms with Crippen molar-refractivity contribution >= 4 is 5.96 Å². The molecule has 0 saturated heterocycles. The Morgan fingerprint density at radius 3 is 2.88 bits per heavy atom. The van der Waals surface area contributed by atoms with Crippen LogP contribution >= 0.6 is 0 Å². The fourth-order valence-corrected chi connectivity index (χ4v) is 2.38. The maximum atomic E-state index is 5.91. The smallest absolute Gasteiger partial charge is 0.188 e. The van der Waals surface area contributed by atoms with Crippen molar-refractivity contribution in [3.8, 4) is 5.75 Å². The Morgan fingerprint density at radius 2 is 2.08 bits per heavy atom. The minimum Gasteiger partial charge on any atom is -0.487 e. The average molecular weight is 340 g/mol. The van der Waals surface area contributed by atoms with Gasteiger partial charge in [-0.3, -0.25) is 4.98 Å². The number of aliphatic imine (C=N–C) groups is 1. The van der Waals surface area contributed by atoms with Gasteiger partial charge in [0, 0.05) is 12.7 Å². The van der Waals surface area contributed by atoms with Crippen LogP contribution in [0.25, 0.3) is 0 Å². The molecule has 5 heteroatoms. The van der Waals surface area contributed by atoms with Gasteiger partial charge in [0.25, 0.3) is 0 Å². The lowest BCUT2D eigenvalue weighted by atomic mass is 10.2. The molecule has 134 valence electrons. The first-order chi connectivity index (χ1) is 12.3. The van der Waals surface area contributed by atoms with Crippen LogP contribution in [0.5, 0.6) is 5.75 Å². The summed E-state index contributed by atoms with van der Waals surface area (Å²) in [7, 11) is 0. The van der Waals surface area contributed by atoms with E-state index in [9.17, 15) is 0 Å². The SMILES string of the molecule is CCCCCCNC(N)=NCc1cccc(OCc2ccccn2)c1. The van der Waals surface area contributed by atoms with Crippen LogP contribution in [0.3, 0.4) is 0 Å². The first-order valence-electron chi connectivity index (χ1n) is 8.93. The molecule has 1 aromatic heterocycles. The predicted octanol–water partition coefficient (Wildman–Crippen LogP) is 3.65. The molecule has 0 saturated carbocycles. The van der Waals surface area contributed by atoms with Gasteiger partial charge in [-0.05, 0) is 36.2 Å². The van der Waals surface area contributed by atoms with Crippen molar-refractivity contribution in [1.82, 2.24) is 10.3 Å². The monoisotopic (exact) mass is 340 g/mol. The van der Waals surface area contributed by atoms with E-state index in [2.05, 4.69) is 22.2 Å². The van der Waals surface area contributed by atoms with Gasteiger partial charge < -0.3 is 15.8 Å². The zero-order valence-electron chi connectivity index (χ0n) is 14.9. The Labute approximate surface area is 150 Å². The lowest BCUT2D eigenvalue weighted by molar-refractivity contribution is 0.301. The lowest BCUT2D eigenvalue weighted by Crippen LogP contribution is -2.32. The van der Waals surface area contributed by atoms with Crippen LogP contribution < -0.4 is 15.8 Å². The Bertz CT molecular complexity index is 643. The second-order valence-corrected chi connectivity index (χ2v) is 5.95. The van der Waals surface area contributed by atoms with Crippen molar-refractivity contribution in [2.75, 3.05) is 6.54 Å². The maximum Gasteiger partial charge on any atom is 0.188 e. The van der Waals surface area contributed by atoms with Crippen molar-refractivity contribution in [1.29, 1.82) is 0 Å². The molecule has 0 aliphatic heterocycles. The third-order valence-electron chi connectivity index (χ3n) is 3.78. The van der Waals surface area contributed by atoms with E-state index in [1.54, 1.807) is 6.20 Å². The standard InChI is InChI=1S/C20H28N4O/c1-2-3-4-6-13-23-20(21)24-15-17-9-8-11-19(14-17)25-16-18-10-5-7-12-22-18/h5,7-12,14H,2-4,6,13,15-16H2,1H3,(H3,21,23,24). The molecule has 2 rings (SSSR count). The van der Waals surface area contributed by atoms with Gasteiger partial charge >= 0.3 is 0 Å². The highest BCUT2D eigenvalue weighted by molar-refractivity contribution is 5.77.